The fourth-order valence-corrected chi connectivity index (χ4v) is 1.53. The van der Waals surface area contributed by atoms with Crippen molar-refractivity contribution in [2.24, 2.45) is 5.73 Å². The Morgan fingerprint density at radius 1 is 1.32 bits per heavy atom. The lowest BCUT2D eigenvalue weighted by molar-refractivity contribution is -0.121. The summed E-state index contributed by atoms with van der Waals surface area (Å²) < 4.78 is 5.59. The van der Waals surface area contributed by atoms with Crippen LogP contribution in [0.1, 0.15) is 24.0 Å². The van der Waals surface area contributed by atoms with Gasteiger partial charge in [-0.25, -0.2) is 0 Å². The van der Waals surface area contributed by atoms with Gasteiger partial charge in [0.25, 0.3) is 0 Å². The molecule has 0 bridgehead atoms. The molecular formula is C14H23ClN2O2. The van der Waals surface area contributed by atoms with Gasteiger partial charge in [0.2, 0.25) is 5.91 Å². The number of aryl methyl sites for hydroxylation is 2. The van der Waals surface area contributed by atoms with Crippen LogP contribution in [-0.2, 0) is 4.79 Å². The third-order valence-corrected chi connectivity index (χ3v) is 2.76. The summed E-state index contributed by atoms with van der Waals surface area (Å²) >= 11 is 0. The molecule has 0 fully saturated rings. The zero-order valence-corrected chi connectivity index (χ0v) is 12.4. The highest BCUT2D eigenvalue weighted by atomic mass is 35.5. The van der Waals surface area contributed by atoms with Gasteiger partial charge in [0.05, 0.1) is 6.61 Å². The van der Waals surface area contributed by atoms with E-state index in [4.69, 9.17) is 10.5 Å². The lowest BCUT2D eigenvalue weighted by Gasteiger charge is -2.08. The topological polar surface area (TPSA) is 64.3 Å². The number of carbonyl (C=O) groups is 1. The van der Waals surface area contributed by atoms with Crippen LogP contribution in [0.15, 0.2) is 18.2 Å². The van der Waals surface area contributed by atoms with Crippen molar-refractivity contribution >= 4 is 18.3 Å². The van der Waals surface area contributed by atoms with Gasteiger partial charge in [-0.15, -0.1) is 12.4 Å². The Kier molecular flexibility index (Phi) is 9.00. The third-order valence-electron chi connectivity index (χ3n) is 2.76. The standard InChI is InChI=1S/C14H22N2O2.ClH/c1-11-5-6-13(10-12(11)2)18-9-3-4-14(17)16-8-7-15;/h5-6,10H,3-4,7-9,15H2,1-2H3,(H,16,17);1H. The van der Waals surface area contributed by atoms with E-state index in [0.717, 1.165) is 5.75 Å². The maximum absolute atomic E-state index is 11.3. The predicted molar refractivity (Wildman–Crippen MR) is 80.0 cm³/mol. The quantitative estimate of drug-likeness (QED) is 0.753. The summed E-state index contributed by atoms with van der Waals surface area (Å²) in [6, 6.07) is 6.01. The van der Waals surface area contributed by atoms with Crippen molar-refractivity contribution in [3.63, 3.8) is 0 Å². The molecule has 0 radical (unpaired) electrons. The molecule has 0 saturated heterocycles. The Bertz CT molecular complexity index is 397. The molecule has 0 unspecified atom stereocenters. The lowest BCUT2D eigenvalue weighted by atomic mass is 10.1. The van der Waals surface area contributed by atoms with Crippen LogP contribution >= 0.6 is 12.4 Å². The highest BCUT2D eigenvalue weighted by Crippen LogP contribution is 2.16. The van der Waals surface area contributed by atoms with Crippen LogP contribution in [0.25, 0.3) is 0 Å². The van der Waals surface area contributed by atoms with Crippen molar-refractivity contribution in [1.29, 1.82) is 0 Å². The number of amides is 1. The van der Waals surface area contributed by atoms with E-state index in [9.17, 15) is 4.79 Å². The average Bonchev–Trinajstić information content (AvgIpc) is 2.36. The van der Waals surface area contributed by atoms with E-state index in [1.807, 2.05) is 18.2 Å². The first-order valence-electron chi connectivity index (χ1n) is 6.30. The van der Waals surface area contributed by atoms with E-state index in [1.165, 1.54) is 11.1 Å². The van der Waals surface area contributed by atoms with Gasteiger partial charge in [0.1, 0.15) is 5.75 Å². The van der Waals surface area contributed by atoms with E-state index in [1.54, 1.807) is 0 Å². The number of hydrogen-bond acceptors (Lipinski definition) is 3. The first kappa shape index (κ1) is 17.7. The molecule has 0 atom stereocenters. The molecule has 0 aliphatic carbocycles. The maximum atomic E-state index is 11.3. The number of rotatable bonds is 7. The largest absolute Gasteiger partial charge is 0.494 e. The van der Waals surface area contributed by atoms with Crippen molar-refractivity contribution in [1.82, 2.24) is 5.32 Å². The molecule has 1 rings (SSSR count). The lowest BCUT2D eigenvalue weighted by Crippen LogP contribution is -2.29. The molecule has 0 heterocycles. The van der Waals surface area contributed by atoms with Crippen molar-refractivity contribution in [2.75, 3.05) is 19.7 Å². The Hall–Kier alpha value is -1.26. The van der Waals surface area contributed by atoms with Crippen molar-refractivity contribution in [3.8, 4) is 5.75 Å². The van der Waals surface area contributed by atoms with E-state index in [0.29, 0.717) is 32.5 Å². The molecule has 19 heavy (non-hydrogen) atoms. The van der Waals surface area contributed by atoms with Crippen LogP contribution in [-0.4, -0.2) is 25.6 Å². The number of ether oxygens (including phenoxy) is 1. The number of carbonyl (C=O) groups excluding carboxylic acids is 1. The summed E-state index contributed by atoms with van der Waals surface area (Å²) in [4.78, 5) is 11.3. The molecule has 3 N–H and O–H groups in total. The van der Waals surface area contributed by atoms with Gasteiger partial charge >= 0.3 is 0 Å². The second kappa shape index (κ2) is 9.64. The van der Waals surface area contributed by atoms with Crippen LogP contribution < -0.4 is 15.8 Å². The minimum absolute atomic E-state index is 0. The van der Waals surface area contributed by atoms with E-state index < -0.39 is 0 Å². The molecule has 0 aliphatic heterocycles. The number of nitrogens with two attached hydrogens (primary N) is 1. The molecule has 1 aromatic rings. The summed E-state index contributed by atoms with van der Waals surface area (Å²) in [7, 11) is 0. The minimum Gasteiger partial charge on any atom is -0.494 e. The van der Waals surface area contributed by atoms with Crippen LogP contribution in [0.3, 0.4) is 0 Å². The molecular weight excluding hydrogens is 264 g/mol. The van der Waals surface area contributed by atoms with Crippen LogP contribution in [0, 0.1) is 13.8 Å². The Morgan fingerprint density at radius 2 is 2.05 bits per heavy atom. The summed E-state index contributed by atoms with van der Waals surface area (Å²) in [6.07, 6.45) is 1.19. The molecule has 1 amide bonds. The van der Waals surface area contributed by atoms with Gasteiger partial charge in [-0.1, -0.05) is 6.07 Å². The minimum atomic E-state index is 0. The predicted octanol–water partition coefficient (Wildman–Crippen LogP) is 1.96. The molecule has 108 valence electrons. The normalized spacial score (nSPS) is 9.63. The van der Waals surface area contributed by atoms with Gasteiger partial charge in [-0.05, 0) is 43.5 Å². The molecule has 0 aromatic heterocycles. The average molecular weight is 287 g/mol. The highest BCUT2D eigenvalue weighted by molar-refractivity contribution is 5.85. The zero-order valence-electron chi connectivity index (χ0n) is 11.6. The Labute approximate surface area is 121 Å². The summed E-state index contributed by atoms with van der Waals surface area (Å²) in [5.41, 5.74) is 7.76. The summed E-state index contributed by atoms with van der Waals surface area (Å²) in [6.45, 7) is 5.70. The van der Waals surface area contributed by atoms with Crippen LogP contribution in [0.2, 0.25) is 0 Å². The van der Waals surface area contributed by atoms with E-state index in [-0.39, 0.29) is 18.3 Å². The van der Waals surface area contributed by atoms with Crippen LogP contribution in [0.4, 0.5) is 0 Å². The molecule has 0 aliphatic rings. The van der Waals surface area contributed by atoms with E-state index >= 15 is 0 Å². The first-order chi connectivity index (χ1) is 8.63. The molecule has 0 spiro atoms. The van der Waals surface area contributed by atoms with Gasteiger partial charge < -0.3 is 15.8 Å². The molecule has 4 nitrogen and oxygen atoms in total. The van der Waals surface area contributed by atoms with Crippen molar-refractivity contribution < 1.29 is 9.53 Å². The second-order valence-corrected chi connectivity index (χ2v) is 4.34. The van der Waals surface area contributed by atoms with Gasteiger partial charge in [0.15, 0.2) is 0 Å². The SMILES string of the molecule is Cc1ccc(OCCCC(=O)NCCN)cc1C.Cl. The fraction of sp³-hybridized carbons (Fsp3) is 0.500. The third kappa shape index (κ3) is 7.03. The van der Waals surface area contributed by atoms with Crippen LogP contribution in [0.5, 0.6) is 5.75 Å². The zero-order chi connectivity index (χ0) is 13.4. The van der Waals surface area contributed by atoms with Gasteiger partial charge in [-0.2, -0.15) is 0 Å². The first-order valence-corrected chi connectivity index (χ1v) is 6.30. The number of hydrogen-bond donors (Lipinski definition) is 2. The molecule has 5 heteroatoms. The smallest absolute Gasteiger partial charge is 0.220 e. The van der Waals surface area contributed by atoms with Gasteiger partial charge in [0, 0.05) is 19.5 Å². The second-order valence-electron chi connectivity index (χ2n) is 4.34. The monoisotopic (exact) mass is 286 g/mol. The Balaban J connectivity index is 0.00000324. The fourth-order valence-electron chi connectivity index (χ4n) is 1.53. The van der Waals surface area contributed by atoms with Crippen molar-refractivity contribution in [3.05, 3.63) is 29.3 Å². The summed E-state index contributed by atoms with van der Waals surface area (Å²) in [5, 5.41) is 2.73. The summed E-state index contributed by atoms with van der Waals surface area (Å²) in [5.74, 6) is 0.893. The number of benzene rings is 1. The highest BCUT2D eigenvalue weighted by Gasteiger charge is 2.01. The van der Waals surface area contributed by atoms with Crippen molar-refractivity contribution in [2.45, 2.75) is 26.7 Å². The number of nitrogens with one attached hydrogen (secondary N) is 1. The number of halogens is 1. The Morgan fingerprint density at radius 3 is 2.68 bits per heavy atom. The molecule has 1 aromatic carbocycles. The maximum Gasteiger partial charge on any atom is 0.220 e. The van der Waals surface area contributed by atoms with E-state index in [2.05, 4.69) is 19.2 Å². The molecule has 0 saturated carbocycles. The van der Waals surface area contributed by atoms with Gasteiger partial charge in [-0.3, -0.25) is 4.79 Å².